The number of phenols is 2. The van der Waals surface area contributed by atoms with Gasteiger partial charge in [0.05, 0.1) is 99.9 Å². The second kappa shape index (κ2) is 50.3. The molecule has 0 spiro atoms. The standard InChI is InChI=1S/C58H75N5O12S.C55H75N7O10S/c1-38-17-19-46-44(36-38)56(5,6)49(62(46)29-31-73-33-35-74-34-32-72-30-26-60-55(68)58(9)24-23-43-41(4)53(67)39(2)40(3)54(43)75-58)15-13-14-48-57(7,8)45-37-42(76(69,70)71)18-20-47(45)61(48)27-12-10-11-16-50(64)59-25-28-63-51(65)21-22-52(63)66;1-37-18-20-45-43(35-37)53(5,6)48(62(45)28-30-70-32-34-71-33-31-69-29-26-58-52(65)55(9)23-22-42-40(4)50(64)38(2)39(3)51(42)72-55)16-13-15-47-54(7,8)44-36-41(73(66,67)68)19-21-46(44)61(47)27-12-10-11-17-49(63)57-24-14-25-59-60-56/h13-15,17-22,36-37H,10-12,16,23-35H2,1-9H3,(H3-,59,60,64,67,68,69,70,71);13,15-16,18-21,35-36H,10-12,14,17,22-34H2,1-9H3,(H3-,57,58,63,64,65,66,67,68)/p+2. The van der Waals surface area contributed by atoms with Gasteiger partial charge >= 0.3 is 0 Å². The van der Waals surface area contributed by atoms with E-state index in [1.54, 1.807) is 38.1 Å². The van der Waals surface area contributed by atoms with Crippen LogP contribution in [0.25, 0.3) is 10.4 Å². The highest BCUT2D eigenvalue weighted by Gasteiger charge is 2.50. The maximum Gasteiger partial charge on any atom is 0.294 e. The van der Waals surface area contributed by atoms with Gasteiger partial charge in [-0.3, -0.25) is 42.8 Å². The van der Waals surface area contributed by atoms with Crippen LogP contribution in [0.2, 0.25) is 0 Å². The molecule has 0 saturated heterocycles. The predicted molar refractivity (Wildman–Crippen MR) is 573 cm³/mol. The van der Waals surface area contributed by atoms with Crippen LogP contribution in [0.1, 0.15) is 218 Å². The summed E-state index contributed by atoms with van der Waals surface area (Å²) < 4.78 is 121. The van der Waals surface area contributed by atoms with Crippen molar-refractivity contribution in [1.82, 2.24) is 26.2 Å². The molecule has 8 N–H and O–H groups in total. The van der Waals surface area contributed by atoms with Crippen molar-refractivity contribution in [2.45, 2.75) is 251 Å². The topological polar surface area (TPSA) is 438 Å². The molecule has 7 aliphatic heterocycles. The Morgan fingerprint density at radius 3 is 1.21 bits per heavy atom. The molecule has 7 aliphatic rings. The fourth-order valence-corrected chi connectivity index (χ4v) is 21.7. The number of nitrogens with zero attached hydrogens (tertiary/aromatic N) is 8. The number of amides is 6. The summed E-state index contributed by atoms with van der Waals surface area (Å²) in [4.78, 5) is 83.2. The summed E-state index contributed by atoms with van der Waals surface area (Å²) in [5.74, 6) is 0.576. The molecule has 34 nitrogen and oxygen atoms in total. The van der Waals surface area contributed by atoms with Crippen molar-refractivity contribution in [1.29, 1.82) is 0 Å². The van der Waals surface area contributed by atoms with Gasteiger partial charge in [-0.05, 0) is 240 Å². The summed E-state index contributed by atoms with van der Waals surface area (Å²) in [6.45, 7) is 45.0. The molecule has 0 saturated carbocycles. The molecule has 6 aromatic carbocycles. The quantitative estimate of drug-likeness (QED) is 0.00334. The van der Waals surface area contributed by atoms with Gasteiger partial charge in [0.1, 0.15) is 36.1 Å². The van der Waals surface area contributed by atoms with E-state index in [0.29, 0.717) is 201 Å². The van der Waals surface area contributed by atoms with Crippen LogP contribution in [-0.4, -0.2) is 253 Å². The molecule has 0 aliphatic carbocycles. The first-order chi connectivity index (χ1) is 70.6. The number of aromatic hydroxyl groups is 2. The van der Waals surface area contributed by atoms with Gasteiger partial charge in [0, 0.05) is 188 Å². The Labute approximate surface area is 877 Å². The van der Waals surface area contributed by atoms with Crippen LogP contribution in [0.5, 0.6) is 23.0 Å². The molecule has 0 radical (unpaired) electrons. The Kier molecular flexibility index (Phi) is 39.1. The number of allylic oxidation sites excluding steroid dienone is 8. The summed E-state index contributed by atoms with van der Waals surface area (Å²) >= 11 is 0. The van der Waals surface area contributed by atoms with E-state index in [2.05, 4.69) is 178 Å². The Morgan fingerprint density at radius 2 is 0.826 bits per heavy atom. The average Bonchev–Trinajstić information content (AvgIpc) is 1.52. The molecule has 806 valence electrons. The number of benzene rings is 6. The summed E-state index contributed by atoms with van der Waals surface area (Å²) in [6, 6.07) is 22.5. The van der Waals surface area contributed by atoms with E-state index in [4.69, 9.17) is 43.4 Å². The van der Waals surface area contributed by atoms with Crippen molar-refractivity contribution in [3.05, 3.63) is 221 Å². The second-order valence-corrected chi connectivity index (χ2v) is 44.6. The lowest BCUT2D eigenvalue weighted by molar-refractivity contribution is -0.438. The fraction of sp³-hybridized carbons (Fsp3) is 0.522. The molecule has 0 bridgehead atoms. The van der Waals surface area contributed by atoms with E-state index in [1.807, 2.05) is 55.4 Å². The van der Waals surface area contributed by atoms with E-state index >= 15 is 0 Å². The van der Waals surface area contributed by atoms with Crippen molar-refractivity contribution in [3.8, 4) is 23.0 Å². The molecule has 2 atom stereocenters. The zero-order chi connectivity index (χ0) is 108. The first-order valence-electron chi connectivity index (χ1n) is 51.8. The molecule has 2 unspecified atom stereocenters. The highest BCUT2D eigenvalue weighted by molar-refractivity contribution is 7.86. The number of hydrogen-bond acceptors (Lipinski definition) is 23. The van der Waals surface area contributed by atoms with Crippen LogP contribution >= 0.6 is 0 Å². The lowest BCUT2D eigenvalue weighted by atomic mass is 9.81. The van der Waals surface area contributed by atoms with Crippen molar-refractivity contribution >= 4 is 89.9 Å². The number of anilines is 2. The molecule has 6 aromatic rings. The zero-order valence-electron chi connectivity index (χ0n) is 89.8. The minimum atomic E-state index is -4.45. The number of unbranched alkanes of at least 4 members (excludes halogenated alkanes) is 4. The van der Waals surface area contributed by atoms with Gasteiger partial charge in [-0.25, -0.2) is 0 Å². The normalized spacial score (nSPS) is 18.5. The molecular formula is C113H152N12O22S2+2. The van der Waals surface area contributed by atoms with Gasteiger partial charge in [0.15, 0.2) is 22.6 Å². The molecule has 0 aromatic heterocycles. The second-order valence-electron chi connectivity index (χ2n) is 41.8. The largest absolute Gasteiger partial charge is 0.507 e. The Bertz CT molecular complexity index is 6510. The molecule has 13 rings (SSSR count). The number of azide groups is 1. The smallest absolute Gasteiger partial charge is 0.294 e. The third-order valence-electron chi connectivity index (χ3n) is 29.9. The van der Waals surface area contributed by atoms with E-state index in [0.717, 1.165) is 137 Å². The minimum absolute atomic E-state index is 0.0380. The van der Waals surface area contributed by atoms with Crippen LogP contribution in [0.4, 0.5) is 22.7 Å². The van der Waals surface area contributed by atoms with Crippen molar-refractivity contribution in [3.63, 3.8) is 0 Å². The number of phenolic OH excluding ortho intramolecular Hbond substituents is 2. The summed E-state index contributed by atoms with van der Waals surface area (Å²) in [5, 5.41) is 36.1. The molecule has 36 heteroatoms. The fourth-order valence-electron chi connectivity index (χ4n) is 20.7. The highest BCUT2D eigenvalue weighted by Crippen LogP contribution is 2.52. The number of aryl methyl sites for hydroxylation is 2. The van der Waals surface area contributed by atoms with Crippen LogP contribution in [-0.2, 0) is 112 Å². The third-order valence-corrected chi connectivity index (χ3v) is 31.6. The number of rotatable bonds is 51. The number of ether oxygens (including phenoxy) is 8. The van der Waals surface area contributed by atoms with E-state index in [1.165, 1.54) is 41.0 Å². The SMILES string of the molecule is Cc1ccc2c(c1)C(C)(C)C(=CC=CC1=[N+](CCCCCC(=O)NCCCN=[N+]=[N-])c3ccc(S(=O)(=O)O)cc3C1(C)C)N2CCOCCOCCOCCNC(=O)C1(C)CCc2c(C)c(O)c(C)c(C)c2O1.Cc1ccc2c(c1)C(C)(C)C(=CC=CC1=[N+](CCCCCC(=O)NCCN3C(=O)C=CC3=O)c3ccc(S(=O)(=O)O)cc3C1(C)C)N2CCOCCOCCOCCNC(=O)C1(C)CCc2c(C)c(O)c(C)c(C)c2O1. The molecule has 7 heterocycles. The minimum Gasteiger partial charge on any atom is -0.507 e. The summed E-state index contributed by atoms with van der Waals surface area (Å²) in [7, 11) is -8.87. The molecule has 6 amide bonds. The van der Waals surface area contributed by atoms with Crippen molar-refractivity contribution in [2.75, 3.05) is 155 Å². The summed E-state index contributed by atoms with van der Waals surface area (Å²) in [6.07, 6.45) is 23.0. The number of carbonyl (C=O) groups excluding carboxylic acids is 6. The monoisotopic (exact) mass is 2090 g/mol. The Morgan fingerprint density at radius 1 is 0.443 bits per heavy atom. The predicted octanol–water partition coefficient (Wildman–Crippen LogP) is 15.9. The Hall–Kier alpha value is -11.9. The van der Waals surface area contributed by atoms with E-state index in [-0.39, 0.29) is 80.7 Å². The molecular weight excluding hydrogens is 1940 g/mol. The number of hydrogen-bond donors (Lipinski definition) is 8. The van der Waals surface area contributed by atoms with Gasteiger partial charge in [-0.2, -0.15) is 26.0 Å². The van der Waals surface area contributed by atoms with Crippen LogP contribution in [0.15, 0.2) is 148 Å². The van der Waals surface area contributed by atoms with Crippen LogP contribution in [0.3, 0.4) is 0 Å². The van der Waals surface area contributed by atoms with Crippen LogP contribution < -0.4 is 40.5 Å². The van der Waals surface area contributed by atoms with Crippen molar-refractivity contribution in [2.24, 2.45) is 5.11 Å². The van der Waals surface area contributed by atoms with Gasteiger partial charge in [-0.1, -0.05) is 80.4 Å². The average molecular weight is 2090 g/mol. The van der Waals surface area contributed by atoms with Gasteiger partial charge in [0.25, 0.3) is 43.9 Å². The van der Waals surface area contributed by atoms with E-state index < -0.39 is 42.3 Å². The van der Waals surface area contributed by atoms with Crippen LogP contribution in [0, 0.1) is 55.4 Å². The highest BCUT2D eigenvalue weighted by atomic mass is 32.2. The Balaban J connectivity index is 0.000000265. The van der Waals surface area contributed by atoms with Gasteiger partial charge < -0.3 is 79.2 Å². The molecule has 0 fully saturated rings. The molecule has 149 heavy (non-hydrogen) atoms. The first kappa shape index (κ1) is 116. The summed E-state index contributed by atoms with van der Waals surface area (Å²) in [5.41, 5.74) is 25.7. The maximum atomic E-state index is 13.2. The number of carbonyl (C=O) groups is 6. The number of fused-ring (bicyclic) bond motifs is 6. The van der Waals surface area contributed by atoms with Crippen molar-refractivity contribution < 1.29 is 112 Å². The van der Waals surface area contributed by atoms with E-state index in [9.17, 15) is 64.9 Å². The third kappa shape index (κ3) is 27.5. The lowest BCUT2D eigenvalue weighted by Crippen LogP contribution is -2.51. The number of imide groups is 1. The zero-order valence-corrected chi connectivity index (χ0v) is 91.5. The maximum absolute atomic E-state index is 13.2. The first-order valence-corrected chi connectivity index (χ1v) is 54.7. The van der Waals surface area contributed by atoms with Gasteiger partial charge in [-0.15, -0.1) is 0 Å². The number of nitrogens with one attached hydrogen (secondary N) is 4. The van der Waals surface area contributed by atoms with Gasteiger partial charge in [0.2, 0.25) is 23.2 Å². The lowest BCUT2D eigenvalue weighted by Gasteiger charge is -2.36.